The maximum atomic E-state index is 5.81. The number of hydrogen-bond acceptors (Lipinski definition) is 5. The van der Waals surface area contributed by atoms with Crippen LogP contribution in [0.3, 0.4) is 0 Å². The molecule has 2 saturated heterocycles. The van der Waals surface area contributed by atoms with Crippen molar-refractivity contribution in [3.63, 3.8) is 0 Å². The number of piperidine rings is 1. The lowest BCUT2D eigenvalue weighted by Gasteiger charge is -2.30. The molecule has 0 bridgehead atoms. The zero-order chi connectivity index (χ0) is 17.3. The second-order valence-corrected chi connectivity index (χ2v) is 8.54. The second kappa shape index (κ2) is 7.10. The molecule has 0 unspecified atom stereocenters. The van der Waals surface area contributed by atoms with Gasteiger partial charge in [-0.1, -0.05) is 6.07 Å². The van der Waals surface area contributed by atoms with E-state index < -0.39 is 0 Å². The maximum Gasteiger partial charge on any atom is 0.160 e. The third-order valence-corrected chi connectivity index (χ3v) is 6.76. The van der Waals surface area contributed by atoms with Gasteiger partial charge in [-0.2, -0.15) is 0 Å². The number of nitrogens with zero attached hydrogens (tertiary/aromatic N) is 4. The van der Waals surface area contributed by atoms with E-state index in [4.69, 9.17) is 4.74 Å². The summed E-state index contributed by atoms with van der Waals surface area (Å²) >= 11 is 1.93. The molecule has 2 aliphatic heterocycles. The summed E-state index contributed by atoms with van der Waals surface area (Å²) in [7, 11) is 0. The molecule has 0 radical (unpaired) electrons. The third kappa shape index (κ3) is 3.17. The summed E-state index contributed by atoms with van der Waals surface area (Å²) in [5.74, 6) is 1.63. The van der Waals surface area contributed by atoms with E-state index in [0.29, 0.717) is 12.0 Å². The van der Waals surface area contributed by atoms with Crippen LogP contribution in [0.5, 0.6) is 0 Å². The van der Waals surface area contributed by atoms with Crippen molar-refractivity contribution in [2.24, 2.45) is 0 Å². The van der Waals surface area contributed by atoms with E-state index >= 15 is 0 Å². The zero-order valence-corrected chi connectivity index (χ0v) is 15.7. The number of hydrogen-bond donors (Lipinski definition) is 0. The molecule has 5 nitrogen and oxygen atoms in total. The van der Waals surface area contributed by atoms with Gasteiger partial charge in [0, 0.05) is 35.0 Å². The molecule has 0 amide bonds. The molecule has 0 aliphatic carbocycles. The van der Waals surface area contributed by atoms with Gasteiger partial charge in [0.25, 0.3) is 0 Å². The van der Waals surface area contributed by atoms with Crippen LogP contribution in [0, 0.1) is 0 Å². The number of likely N-dealkylation sites (tertiary alicyclic amines) is 1. The van der Waals surface area contributed by atoms with Crippen LogP contribution in [0.4, 0.5) is 0 Å². The maximum absolute atomic E-state index is 5.81. The Morgan fingerprint density at radius 1 is 1.08 bits per heavy atom. The first-order valence-corrected chi connectivity index (χ1v) is 10.4. The number of pyridine rings is 1. The fraction of sp³-hybridized carbons (Fsp3) is 0.500. The van der Waals surface area contributed by atoms with E-state index in [0.717, 1.165) is 50.6 Å². The predicted molar refractivity (Wildman–Crippen MR) is 102 cm³/mol. The molecule has 6 heteroatoms. The molecule has 1 atom stereocenters. The quantitative estimate of drug-likeness (QED) is 0.697. The Balaban J connectivity index is 1.21. The van der Waals surface area contributed by atoms with Gasteiger partial charge in [0.15, 0.2) is 5.65 Å². The number of thiophene rings is 1. The fourth-order valence-corrected chi connectivity index (χ4v) is 5.30. The molecule has 2 fully saturated rings. The van der Waals surface area contributed by atoms with Gasteiger partial charge in [-0.25, -0.2) is 0 Å². The smallest absolute Gasteiger partial charge is 0.160 e. The van der Waals surface area contributed by atoms with Gasteiger partial charge < -0.3 is 4.74 Å². The van der Waals surface area contributed by atoms with Gasteiger partial charge >= 0.3 is 0 Å². The monoisotopic (exact) mass is 368 g/mol. The molecule has 136 valence electrons. The van der Waals surface area contributed by atoms with Gasteiger partial charge in [-0.05, 0) is 63.0 Å². The SMILES string of the molecule is c1ccn2c(C3CCN(Cc4ccc([C@@H]5CCCO5)s4)CC3)nnc2c1. The van der Waals surface area contributed by atoms with Crippen molar-refractivity contribution in [3.8, 4) is 0 Å². The molecule has 26 heavy (non-hydrogen) atoms. The Kier molecular flexibility index (Phi) is 4.48. The highest BCUT2D eigenvalue weighted by Crippen LogP contribution is 2.34. The first-order chi connectivity index (χ1) is 12.9. The Bertz CT molecular complexity index is 875. The van der Waals surface area contributed by atoms with Crippen molar-refractivity contribution in [2.75, 3.05) is 19.7 Å². The first-order valence-electron chi connectivity index (χ1n) is 9.59. The third-order valence-electron chi connectivity index (χ3n) is 5.60. The van der Waals surface area contributed by atoms with Gasteiger partial charge in [-0.15, -0.1) is 21.5 Å². The van der Waals surface area contributed by atoms with Crippen molar-refractivity contribution in [1.82, 2.24) is 19.5 Å². The lowest BCUT2D eigenvalue weighted by molar-refractivity contribution is 0.114. The molecule has 0 spiro atoms. The molecule has 0 aromatic carbocycles. The van der Waals surface area contributed by atoms with Crippen molar-refractivity contribution < 1.29 is 4.74 Å². The summed E-state index contributed by atoms with van der Waals surface area (Å²) in [6, 6.07) is 10.7. The van der Waals surface area contributed by atoms with Gasteiger partial charge in [0.2, 0.25) is 0 Å². The molecular formula is C20H24N4OS. The minimum Gasteiger partial charge on any atom is -0.373 e. The minimum atomic E-state index is 0.348. The van der Waals surface area contributed by atoms with E-state index in [1.54, 1.807) is 0 Å². The number of rotatable bonds is 4. The highest BCUT2D eigenvalue weighted by atomic mass is 32.1. The molecular weight excluding hydrogens is 344 g/mol. The van der Waals surface area contributed by atoms with Crippen molar-refractivity contribution in [1.29, 1.82) is 0 Å². The van der Waals surface area contributed by atoms with Gasteiger partial charge in [-0.3, -0.25) is 9.30 Å². The van der Waals surface area contributed by atoms with Crippen LogP contribution in [-0.4, -0.2) is 39.2 Å². The van der Waals surface area contributed by atoms with Crippen LogP contribution >= 0.6 is 11.3 Å². The number of aromatic nitrogens is 3. The molecule has 3 aromatic rings. The highest BCUT2D eigenvalue weighted by Gasteiger charge is 2.25. The van der Waals surface area contributed by atoms with Crippen LogP contribution in [0.2, 0.25) is 0 Å². The van der Waals surface area contributed by atoms with Crippen LogP contribution in [-0.2, 0) is 11.3 Å². The molecule has 0 N–H and O–H groups in total. The summed E-state index contributed by atoms with van der Waals surface area (Å²) in [5.41, 5.74) is 0.949. The summed E-state index contributed by atoms with van der Waals surface area (Å²) in [5, 5.41) is 8.77. The Morgan fingerprint density at radius 2 is 2.00 bits per heavy atom. The second-order valence-electron chi connectivity index (χ2n) is 7.34. The van der Waals surface area contributed by atoms with Crippen LogP contribution in [0.15, 0.2) is 36.5 Å². The molecule has 0 saturated carbocycles. The van der Waals surface area contributed by atoms with E-state index in [2.05, 4.69) is 43.9 Å². The largest absolute Gasteiger partial charge is 0.373 e. The summed E-state index contributed by atoms with van der Waals surface area (Å²) in [6.45, 7) is 4.23. The summed E-state index contributed by atoms with van der Waals surface area (Å²) < 4.78 is 7.96. The minimum absolute atomic E-state index is 0.348. The van der Waals surface area contributed by atoms with E-state index in [9.17, 15) is 0 Å². The van der Waals surface area contributed by atoms with Crippen LogP contribution in [0.25, 0.3) is 5.65 Å². The standard InChI is InChI=1S/C20H24N4OS/c1-2-10-24-19(5-1)21-22-20(24)15-8-11-23(12-9-15)14-16-6-7-18(26-16)17-4-3-13-25-17/h1-2,5-7,10,15,17H,3-4,8-9,11-14H2/t17-/m0/s1. The predicted octanol–water partition coefficient (Wildman–Crippen LogP) is 4.02. The number of fused-ring (bicyclic) bond motifs is 1. The Morgan fingerprint density at radius 3 is 2.85 bits per heavy atom. The van der Waals surface area contributed by atoms with Crippen molar-refractivity contribution in [3.05, 3.63) is 52.1 Å². The molecule has 2 aliphatic rings. The number of ether oxygens (including phenoxy) is 1. The topological polar surface area (TPSA) is 42.7 Å². The molecule has 5 heterocycles. The fourth-order valence-electron chi connectivity index (χ4n) is 4.16. The van der Waals surface area contributed by atoms with Crippen molar-refractivity contribution >= 4 is 17.0 Å². The molecule has 5 rings (SSSR count). The average Bonchev–Trinajstić information content (AvgIpc) is 3.43. The lowest BCUT2D eigenvalue weighted by Crippen LogP contribution is -2.32. The van der Waals surface area contributed by atoms with Gasteiger partial charge in [0.1, 0.15) is 5.82 Å². The normalized spacial score (nSPS) is 22.4. The van der Waals surface area contributed by atoms with Crippen LogP contribution in [0.1, 0.15) is 53.3 Å². The summed E-state index contributed by atoms with van der Waals surface area (Å²) in [4.78, 5) is 5.44. The van der Waals surface area contributed by atoms with Gasteiger partial charge in [0.05, 0.1) is 6.10 Å². The van der Waals surface area contributed by atoms with E-state index in [-0.39, 0.29) is 0 Å². The highest BCUT2D eigenvalue weighted by molar-refractivity contribution is 7.12. The van der Waals surface area contributed by atoms with E-state index in [1.807, 2.05) is 23.5 Å². The summed E-state index contributed by atoms with van der Waals surface area (Å²) in [6.07, 6.45) is 7.11. The first kappa shape index (κ1) is 16.4. The zero-order valence-electron chi connectivity index (χ0n) is 14.9. The van der Waals surface area contributed by atoms with Crippen molar-refractivity contribution in [2.45, 2.75) is 44.2 Å². The average molecular weight is 369 g/mol. The Hall–Kier alpha value is -1.76. The Labute approximate surface area is 157 Å². The van der Waals surface area contributed by atoms with E-state index in [1.165, 1.54) is 22.6 Å². The lowest BCUT2D eigenvalue weighted by atomic mass is 9.96. The molecule has 3 aromatic heterocycles. The van der Waals surface area contributed by atoms with Crippen LogP contribution < -0.4 is 0 Å².